The average molecular weight is 277 g/mol. The first-order valence-electron chi connectivity index (χ1n) is 6.20. The highest BCUT2D eigenvalue weighted by molar-refractivity contribution is 6.70. The molecule has 0 radical (unpaired) electrons. The molecule has 0 heterocycles. The number of esters is 1. The van der Waals surface area contributed by atoms with Gasteiger partial charge in [-0.1, -0.05) is 30.3 Å². The van der Waals surface area contributed by atoms with Crippen LogP contribution in [0.5, 0.6) is 0 Å². The minimum Gasteiger partial charge on any atom is -0.463 e. The molecule has 0 fully saturated rings. The van der Waals surface area contributed by atoms with Gasteiger partial charge < -0.3 is 9.16 Å². The summed E-state index contributed by atoms with van der Waals surface area (Å²) < 4.78 is 10.9. The molecule has 1 rings (SSSR count). The molecule has 5 heteroatoms. The normalized spacial score (nSPS) is 14.3. The lowest BCUT2D eigenvalue weighted by molar-refractivity contribution is -0.158. The number of carbonyl (C=O) groups is 1. The summed E-state index contributed by atoms with van der Waals surface area (Å²) in [6.45, 7) is 7.72. The zero-order chi connectivity index (χ0) is 14.5. The maximum atomic E-state index is 12.2. The molecule has 1 aromatic rings. The lowest BCUT2D eigenvalue weighted by atomic mass is 9.96. The number of rotatable bonds is 5. The van der Waals surface area contributed by atoms with Crippen LogP contribution in [0.25, 0.3) is 0 Å². The van der Waals surface area contributed by atoms with E-state index in [0.717, 1.165) is 0 Å². The molecule has 0 aromatic heterocycles. The Hall–Kier alpha value is -1.64. The molecular weight excluding hydrogens is 258 g/mol. The number of hydrogen-bond acceptors (Lipinski definition) is 4. The second-order valence-corrected chi connectivity index (χ2v) is 9.52. The van der Waals surface area contributed by atoms with Crippen molar-refractivity contribution in [2.75, 3.05) is 6.61 Å². The average Bonchev–Trinajstić information content (AvgIpc) is 2.36. The van der Waals surface area contributed by atoms with E-state index >= 15 is 0 Å². The molecule has 0 aliphatic rings. The van der Waals surface area contributed by atoms with Crippen molar-refractivity contribution in [3.63, 3.8) is 0 Å². The number of hydrogen-bond donors (Lipinski definition) is 0. The minimum atomic E-state index is -2.11. The lowest BCUT2D eigenvalue weighted by Gasteiger charge is -2.31. The number of ether oxygens (including phenoxy) is 1. The van der Waals surface area contributed by atoms with E-state index in [-0.39, 0.29) is 6.61 Å². The molecule has 1 aromatic carbocycles. The van der Waals surface area contributed by atoms with Crippen LogP contribution in [0, 0.1) is 11.3 Å². The predicted molar refractivity (Wildman–Crippen MR) is 74.8 cm³/mol. The van der Waals surface area contributed by atoms with Gasteiger partial charge in [-0.15, -0.1) is 0 Å². The van der Waals surface area contributed by atoms with Crippen molar-refractivity contribution in [3.8, 4) is 6.07 Å². The number of nitriles is 1. The van der Waals surface area contributed by atoms with Crippen molar-refractivity contribution in [1.29, 1.82) is 5.26 Å². The van der Waals surface area contributed by atoms with Gasteiger partial charge in [-0.2, -0.15) is 5.26 Å². The van der Waals surface area contributed by atoms with E-state index in [1.165, 1.54) is 0 Å². The lowest BCUT2D eigenvalue weighted by Crippen LogP contribution is -2.46. The molecule has 1 atom stereocenters. The minimum absolute atomic E-state index is 0.212. The first-order valence-corrected chi connectivity index (χ1v) is 9.60. The summed E-state index contributed by atoms with van der Waals surface area (Å²) in [6.07, 6.45) is 0. The Morgan fingerprint density at radius 1 is 1.32 bits per heavy atom. The molecule has 19 heavy (non-hydrogen) atoms. The van der Waals surface area contributed by atoms with Gasteiger partial charge in [0.2, 0.25) is 0 Å². The van der Waals surface area contributed by atoms with E-state index in [4.69, 9.17) is 9.16 Å². The predicted octanol–water partition coefficient (Wildman–Crippen LogP) is 2.82. The SMILES string of the molecule is CCOC(=O)[C@@](C#N)(O[Si](C)(C)C)c1ccccc1. The Kier molecular flexibility index (Phi) is 4.87. The van der Waals surface area contributed by atoms with Crippen LogP contribution in [0.4, 0.5) is 0 Å². The smallest absolute Gasteiger partial charge is 0.357 e. The molecule has 0 amide bonds. The van der Waals surface area contributed by atoms with Gasteiger partial charge in [0.1, 0.15) is 6.07 Å². The monoisotopic (exact) mass is 277 g/mol. The number of nitrogens with zero attached hydrogens (tertiary/aromatic N) is 1. The standard InChI is InChI=1S/C14H19NO3Si/c1-5-17-13(16)14(11-15,18-19(2,3)4)12-9-7-6-8-10-12/h6-10H,5H2,1-4H3/t14-/m0/s1. The molecule has 0 saturated heterocycles. The highest BCUT2D eigenvalue weighted by Crippen LogP contribution is 2.30. The van der Waals surface area contributed by atoms with Crippen molar-refractivity contribution >= 4 is 14.3 Å². The quantitative estimate of drug-likeness (QED) is 0.613. The van der Waals surface area contributed by atoms with Crippen LogP contribution in [0.1, 0.15) is 12.5 Å². The van der Waals surface area contributed by atoms with Gasteiger partial charge in [0, 0.05) is 5.56 Å². The number of carbonyl (C=O) groups excluding carboxylic acids is 1. The van der Waals surface area contributed by atoms with Crippen LogP contribution in [-0.2, 0) is 19.6 Å². The Balaban J connectivity index is 3.31. The highest BCUT2D eigenvalue weighted by Gasteiger charge is 2.46. The van der Waals surface area contributed by atoms with Crippen LogP contribution in [-0.4, -0.2) is 20.9 Å². The summed E-state index contributed by atoms with van der Waals surface area (Å²) in [5.74, 6) is -0.647. The van der Waals surface area contributed by atoms with Crippen molar-refractivity contribution in [2.24, 2.45) is 0 Å². The molecule has 0 unspecified atom stereocenters. The van der Waals surface area contributed by atoms with Crippen LogP contribution >= 0.6 is 0 Å². The summed E-state index contributed by atoms with van der Waals surface area (Å²) in [5, 5.41) is 9.54. The molecule has 0 saturated carbocycles. The topological polar surface area (TPSA) is 59.3 Å². The maximum absolute atomic E-state index is 12.2. The third-order valence-electron chi connectivity index (χ3n) is 2.36. The molecule has 0 N–H and O–H groups in total. The van der Waals surface area contributed by atoms with E-state index in [1.54, 1.807) is 31.2 Å². The summed E-state index contributed by atoms with van der Waals surface area (Å²) in [6, 6.07) is 10.8. The molecule has 4 nitrogen and oxygen atoms in total. The highest BCUT2D eigenvalue weighted by atomic mass is 28.4. The van der Waals surface area contributed by atoms with E-state index in [0.29, 0.717) is 5.56 Å². The summed E-state index contributed by atoms with van der Waals surface area (Å²) in [4.78, 5) is 12.2. The molecular formula is C14H19NO3Si. The zero-order valence-corrected chi connectivity index (χ0v) is 12.8. The van der Waals surface area contributed by atoms with Crippen LogP contribution in [0.3, 0.4) is 0 Å². The fourth-order valence-corrected chi connectivity index (χ4v) is 2.88. The van der Waals surface area contributed by atoms with Gasteiger partial charge in [-0.25, -0.2) is 4.79 Å². The summed E-state index contributed by atoms with van der Waals surface area (Å²) >= 11 is 0. The second-order valence-electron chi connectivity index (χ2n) is 5.09. The summed E-state index contributed by atoms with van der Waals surface area (Å²) in [5.41, 5.74) is -1.15. The van der Waals surface area contributed by atoms with Crippen molar-refractivity contribution in [1.82, 2.24) is 0 Å². The second kappa shape index (κ2) is 6.00. The van der Waals surface area contributed by atoms with E-state index < -0.39 is 19.9 Å². The third kappa shape index (κ3) is 3.66. The van der Waals surface area contributed by atoms with Crippen molar-refractivity contribution in [3.05, 3.63) is 35.9 Å². The fourth-order valence-electron chi connectivity index (χ4n) is 1.72. The van der Waals surface area contributed by atoms with Gasteiger partial charge in [0.05, 0.1) is 6.61 Å². The van der Waals surface area contributed by atoms with E-state index in [9.17, 15) is 10.1 Å². The van der Waals surface area contributed by atoms with Crippen molar-refractivity contribution in [2.45, 2.75) is 32.2 Å². The molecule has 0 spiro atoms. The fraction of sp³-hybridized carbons (Fsp3) is 0.429. The largest absolute Gasteiger partial charge is 0.463 e. The molecule has 0 bridgehead atoms. The van der Waals surface area contributed by atoms with Crippen LogP contribution in [0.15, 0.2) is 30.3 Å². The first kappa shape index (κ1) is 15.4. The third-order valence-corrected chi connectivity index (χ3v) is 3.28. The first-order chi connectivity index (χ1) is 8.85. The Morgan fingerprint density at radius 2 is 1.89 bits per heavy atom. The Labute approximate surface area is 115 Å². The molecule has 0 aliphatic carbocycles. The van der Waals surface area contributed by atoms with Gasteiger partial charge in [-0.3, -0.25) is 0 Å². The molecule has 102 valence electrons. The zero-order valence-electron chi connectivity index (χ0n) is 11.8. The van der Waals surface area contributed by atoms with Gasteiger partial charge in [0.25, 0.3) is 5.60 Å². The van der Waals surface area contributed by atoms with Gasteiger partial charge in [0.15, 0.2) is 8.32 Å². The van der Waals surface area contributed by atoms with Crippen LogP contribution in [0.2, 0.25) is 19.6 Å². The van der Waals surface area contributed by atoms with Crippen molar-refractivity contribution < 1.29 is 14.0 Å². The van der Waals surface area contributed by atoms with Crippen LogP contribution < -0.4 is 0 Å². The van der Waals surface area contributed by atoms with E-state index in [2.05, 4.69) is 0 Å². The maximum Gasteiger partial charge on any atom is 0.357 e. The Morgan fingerprint density at radius 3 is 2.32 bits per heavy atom. The van der Waals surface area contributed by atoms with Gasteiger partial charge in [-0.05, 0) is 26.6 Å². The Bertz CT molecular complexity index is 476. The molecule has 0 aliphatic heterocycles. The van der Waals surface area contributed by atoms with E-state index in [1.807, 2.05) is 31.8 Å². The van der Waals surface area contributed by atoms with Gasteiger partial charge >= 0.3 is 5.97 Å². The summed E-state index contributed by atoms with van der Waals surface area (Å²) in [7, 11) is -2.11. The number of benzene rings is 1.